The summed E-state index contributed by atoms with van der Waals surface area (Å²) in [6.07, 6.45) is 1.54. The Kier molecular flexibility index (Phi) is 8.05. The average molecular weight is 453 g/mol. The highest BCUT2D eigenvalue weighted by molar-refractivity contribution is 9.10. The molecule has 27 heavy (non-hydrogen) atoms. The van der Waals surface area contributed by atoms with Gasteiger partial charge in [-0.05, 0) is 54.9 Å². The predicted octanol–water partition coefficient (Wildman–Crippen LogP) is 3.51. The Morgan fingerprint density at radius 1 is 1.26 bits per heavy atom. The molecule has 1 amide bonds. The van der Waals surface area contributed by atoms with E-state index in [0.29, 0.717) is 23.3 Å². The highest BCUT2D eigenvalue weighted by Crippen LogP contribution is 2.32. The van der Waals surface area contributed by atoms with Crippen molar-refractivity contribution in [2.24, 2.45) is 5.10 Å². The molecule has 0 unspecified atom stereocenters. The van der Waals surface area contributed by atoms with E-state index in [9.17, 15) is 4.79 Å². The zero-order chi connectivity index (χ0) is 19.8. The Morgan fingerprint density at radius 2 is 1.96 bits per heavy atom. The van der Waals surface area contributed by atoms with Crippen LogP contribution in [0.2, 0.25) is 0 Å². The minimum atomic E-state index is -0.242. The van der Waals surface area contributed by atoms with Crippen molar-refractivity contribution in [2.75, 3.05) is 19.5 Å². The Balaban J connectivity index is 1.96. The summed E-state index contributed by atoms with van der Waals surface area (Å²) in [6.45, 7) is 6.20. The second-order valence-electron chi connectivity index (χ2n) is 5.47. The molecule has 0 fully saturated rings. The highest BCUT2D eigenvalue weighted by Gasteiger charge is 2.09. The molecule has 2 rings (SSSR count). The minimum Gasteiger partial charge on any atom is -0.493 e. The maximum Gasteiger partial charge on any atom is 0.250 e. The Bertz CT molecular complexity index is 825. The summed E-state index contributed by atoms with van der Waals surface area (Å²) >= 11 is 4.72. The molecule has 144 valence electrons. The van der Waals surface area contributed by atoms with Crippen molar-refractivity contribution in [3.8, 4) is 11.5 Å². The van der Waals surface area contributed by atoms with E-state index in [1.165, 1.54) is 11.8 Å². The van der Waals surface area contributed by atoms with Crippen LogP contribution in [-0.2, 0) is 4.79 Å². The van der Waals surface area contributed by atoms with Gasteiger partial charge in [0, 0.05) is 21.4 Å². The van der Waals surface area contributed by atoms with Crippen LogP contribution in [0, 0.1) is 13.8 Å². The Hall–Kier alpha value is -2.13. The van der Waals surface area contributed by atoms with Crippen LogP contribution in [0.5, 0.6) is 11.5 Å². The van der Waals surface area contributed by atoms with E-state index in [4.69, 9.17) is 9.47 Å². The molecule has 0 saturated heterocycles. The SMILES string of the molecule is CCOc1cc(/C=N\NC(=O)CSc2nc(C)cc(C)n2)c(Br)cc1OC. The van der Waals surface area contributed by atoms with Crippen molar-refractivity contribution >= 4 is 39.8 Å². The maximum atomic E-state index is 12.0. The van der Waals surface area contributed by atoms with Crippen LogP contribution in [0.4, 0.5) is 0 Å². The Labute approximate surface area is 171 Å². The van der Waals surface area contributed by atoms with E-state index < -0.39 is 0 Å². The number of benzene rings is 1. The number of hydrogen-bond donors (Lipinski definition) is 1. The third-order valence-electron chi connectivity index (χ3n) is 3.27. The zero-order valence-corrected chi connectivity index (χ0v) is 18.0. The first kappa shape index (κ1) is 21.2. The number of amides is 1. The number of carbonyl (C=O) groups is 1. The van der Waals surface area contributed by atoms with Crippen molar-refractivity contribution in [3.05, 3.63) is 39.6 Å². The number of nitrogens with zero attached hydrogens (tertiary/aromatic N) is 3. The summed E-state index contributed by atoms with van der Waals surface area (Å²) in [4.78, 5) is 20.6. The maximum absolute atomic E-state index is 12.0. The molecular formula is C18H21BrN4O3S. The first-order valence-corrected chi connectivity index (χ1v) is 9.98. The summed E-state index contributed by atoms with van der Waals surface area (Å²) in [5, 5.41) is 4.58. The van der Waals surface area contributed by atoms with E-state index in [2.05, 4.69) is 36.4 Å². The molecule has 0 spiro atoms. The smallest absolute Gasteiger partial charge is 0.250 e. The van der Waals surface area contributed by atoms with Gasteiger partial charge in [-0.25, -0.2) is 15.4 Å². The van der Waals surface area contributed by atoms with Gasteiger partial charge in [0.25, 0.3) is 5.91 Å². The fraction of sp³-hybridized carbons (Fsp3) is 0.333. The van der Waals surface area contributed by atoms with Gasteiger partial charge < -0.3 is 9.47 Å². The van der Waals surface area contributed by atoms with Crippen LogP contribution in [-0.4, -0.2) is 41.6 Å². The molecule has 0 atom stereocenters. The van der Waals surface area contributed by atoms with Gasteiger partial charge in [0.15, 0.2) is 16.7 Å². The van der Waals surface area contributed by atoms with Crippen molar-refractivity contribution in [2.45, 2.75) is 25.9 Å². The van der Waals surface area contributed by atoms with Gasteiger partial charge in [-0.1, -0.05) is 11.8 Å². The van der Waals surface area contributed by atoms with Gasteiger partial charge >= 0.3 is 0 Å². The summed E-state index contributed by atoms with van der Waals surface area (Å²) in [5.41, 5.74) is 5.00. The van der Waals surface area contributed by atoms with Gasteiger partial charge in [-0.15, -0.1) is 0 Å². The van der Waals surface area contributed by atoms with E-state index in [1.54, 1.807) is 25.5 Å². The van der Waals surface area contributed by atoms with E-state index in [1.807, 2.05) is 26.8 Å². The fourth-order valence-corrected chi connectivity index (χ4v) is 3.34. The molecule has 1 aromatic heterocycles. The van der Waals surface area contributed by atoms with E-state index >= 15 is 0 Å². The van der Waals surface area contributed by atoms with Crippen LogP contribution in [0.25, 0.3) is 0 Å². The van der Waals surface area contributed by atoms with Crippen LogP contribution in [0.15, 0.2) is 32.9 Å². The fourth-order valence-electron chi connectivity index (χ4n) is 2.17. The standard InChI is InChI=1S/C18H21BrN4O3S/c1-5-26-16-7-13(14(19)8-15(16)25-4)9-20-23-17(24)10-27-18-21-11(2)6-12(3)22-18/h6-9H,5,10H2,1-4H3,(H,23,24)/b20-9-. The number of hydrogen-bond acceptors (Lipinski definition) is 7. The first-order chi connectivity index (χ1) is 12.9. The number of thioether (sulfide) groups is 1. The summed E-state index contributed by atoms with van der Waals surface area (Å²) in [6, 6.07) is 5.47. The third kappa shape index (κ3) is 6.51. The number of carbonyl (C=O) groups excluding carboxylic acids is 1. The lowest BCUT2D eigenvalue weighted by Gasteiger charge is -2.11. The van der Waals surface area contributed by atoms with Crippen molar-refractivity contribution in [3.63, 3.8) is 0 Å². The topological polar surface area (TPSA) is 85.7 Å². The second-order valence-corrected chi connectivity index (χ2v) is 7.27. The second kappa shape index (κ2) is 10.3. The normalized spacial score (nSPS) is 10.9. The van der Waals surface area contributed by atoms with Crippen molar-refractivity contribution < 1.29 is 14.3 Å². The van der Waals surface area contributed by atoms with Gasteiger partial charge in [0.2, 0.25) is 0 Å². The number of ether oxygens (including phenoxy) is 2. The number of halogens is 1. The third-order valence-corrected chi connectivity index (χ3v) is 4.80. The molecule has 1 N–H and O–H groups in total. The molecule has 0 saturated carbocycles. The monoisotopic (exact) mass is 452 g/mol. The van der Waals surface area contributed by atoms with Gasteiger partial charge in [-0.2, -0.15) is 5.10 Å². The first-order valence-electron chi connectivity index (χ1n) is 8.20. The summed E-state index contributed by atoms with van der Waals surface area (Å²) < 4.78 is 11.6. The lowest BCUT2D eigenvalue weighted by molar-refractivity contribution is -0.118. The molecule has 1 heterocycles. The van der Waals surface area contributed by atoms with Crippen LogP contribution < -0.4 is 14.9 Å². The number of aryl methyl sites for hydroxylation is 2. The number of aromatic nitrogens is 2. The highest BCUT2D eigenvalue weighted by atomic mass is 79.9. The molecule has 0 aliphatic rings. The lowest BCUT2D eigenvalue weighted by Crippen LogP contribution is -2.19. The largest absolute Gasteiger partial charge is 0.493 e. The average Bonchev–Trinajstić information content (AvgIpc) is 2.61. The molecule has 9 heteroatoms. The number of rotatable bonds is 8. The van der Waals surface area contributed by atoms with Gasteiger partial charge in [-0.3, -0.25) is 4.79 Å². The predicted molar refractivity (Wildman–Crippen MR) is 110 cm³/mol. The molecule has 0 radical (unpaired) electrons. The number of hydrazone groups is 1. The molecule has 0 aliphatic carbocycles. The van der Waals surface area contributed by atoms with Crippen molar-refractivity contribution in [1.82, 2.24) is 15.4 Å². The lowest BCUT2D eigenvalue weighted by atomic mass is 10.2. The zero-order valence-electron chi connectivity index (χ0n) is 15.6. The molecular weight excluding hydrogens is 432 g/mol. The van der Waals surface area contributed by atoms with Crippen LogP contribution in [0.1, 0.15) is 23.9 Å². The Morgan fingerprint density at radius 3 is 2.59 bits per heavy atom. The number of nitrogens with one attached hydrogen (secondary N) is 1. The quantitative estimate of drug-likeness (QED) is 0.285. The van der Waals surface area contributed by atoms with E-state index in [-0.39, 0.29) is 11.7 Å². The number of methoxy groups -OCH3 is 1. The van der Waals surface area contributed by atoms with Crippen LogP contribution >= 0.6 is 27.7 Å². The van der Waals surface area contributed by atoms with Gasteiger partial charge in [0.05, 0.1) is 25.7 Å². The molecule has 0 aliphatic heterocycles. The molecule has 0 bridgehead atoms. The summed E-state index contributed by atoms with van der Waals surface area (Å²) in [7, 11) is 1.58. The van der Waals surface area contributed by atoms with E-state index in [0.717, 1.165) is 21.4 Å². The molecule has 7 nitrogen and oxygen atoms in total. The molecule has 1 aromatic carbocycles. The van der Waals surface area contributed by atoms with Crippen LogP contribution in [0.3, 0.4) is 0 Å². The van der Waals surface area contributed by atoms with Crippen molar-refractivity contribution in [1.29, 1.82) is 0 Å². The van der Waals surface area contributed by atoms with Gasteiger partial charge in [0.1, 0.15) is 0 Å². The summed E-state index contributed by atoms with van der Waals surface area (Å²) in [5.74, 6) is 1.16. The molecule has 2 aromatic rings. The minimum absolute atomic E-state index is 0.175.